The highest BCUT2D eigenvalue weighted by Crippen LogP contribution is 2.25. The Morgan fingerprint density at radius 3 is 2.14 bits per heavy atom. The molecule has 0 saturated heterocycles. The topological polar surface area (TPSA) is 84.9 Å². The van der Waals surface area contributed by atoms with Gasteiger partial charge in [0.25, 0.3) is 0 Å². The lowest BCUT2D eigenvalue weighted by atomic mass is 9.83. The molecule has 0 aliphatic heterocycles. The molecular formula is C21H38N2O5. The molecule has 28 heavy (non-hydrogen) atoms. The molecule has 7 nitrogen and oxygen atoms in total. The van der Waals surface area contributed by atoms with Crippen LogP contribution in [0.5, 0.6) is 0 Å². The van der Waals surface area contributed by atoms with Gasteiger partial charge in [-0.05, 0) is 39.5 Å². The Kier molecular flexibility index (Phi) is 12.0. The lowest BCUT2D eigenvalue weighted by Gasteiger charge is -2.28. The molecule has 1 N–H and O–H groups in total. The van der Waals surface area contributed by atoms with E-state index < -0.39 is 0 Å². The van der Waals surface area contributed by atoms with Gasteiger partial charge < -0.3 is 19.7 Å². The van der Waals surface area contributed by atoms with Gasteiger partial charge in [-0.2, -0.15) is 0 Å². The van der Waals surface area contributed by atoms with Crippen molar-refractivity contribution in [2.75, 3.05) is 33.0 Å². The normalized spacial score (nSPS) is 19.5. The molecular weight excluding hydrogens is 360 g/mol. The average molecular weight is 399 g/mol. The van der Waals surface area contributed by atoms with Crippen molar-refractivity contribution in [2.45, 2.75) is 78.3 Å². The van der Waals surface area contributed by atoms with E-state index in [2.05, 4.69) is 5.32 Å². The number of carbonyl (C=O) groups is 3. The number of ketones is 1. The van der Waals surface area contributed by atoms with Gasteiger partial charge in [0.05, 0.1) is 26.4 Å². The van der Waals surface area contributed by atoms with Crippen LogP contribution >= 0.6 is 0 Å². The van der Waals surface area contributed by atoms with Gasteiger partial charge in [0.15, 0.2) is 0 Å². The van der Waals surface area contributed by atoms with Crippen LogP contribution in [0.3, 0.4) is 0 Å². The monoisotopic (exact) mass is 398 g/mol. The Morgan fingerprint density at radius 1 is 1.00 bits per heavy atom. The first-order valence-electron chi connectivity index (χ1n) is 10.6. The van der Waals surface area contributed by atoms with Gasteiger partial charge in [0.1, 0.15) is 5.78 Å². The maximum atomic E-state index is 12.0. The second-order valence-electron chi connectivity index (χ2n) is 7.72. The van der Waals surface area contributed by atoms with Crippen LogP contribution in [0.15, 0.2) is 0 Å². The number of nitrogens with one attached hydrogen (secondary N) is 1. The van der Waals surface area contributed by atoms with Gasteiger partial charge in [0.2, 0.25) is 11.8 Å². The molecule has 1 rings (SSSR count). The maximum absolute atomic E-state index is 12.0. The number of nitrogens with zero attached hydrogens (tertiary/aromatic N) is 1. The van der Waals surface area contributed by atoms with Gasteiger partial charge in [0, 0.05) is 44.3 Å². The van der Waals surface area contributed by atoms with E-state index in [1.807, 2.05) is 20.8 Å². The van der Waals surface area contributed by atoms with Crippen LogP contribution in [-0.2, 0) is 23.9 Å². The first-order valence-corrected chi connectivity index (χ1v) is 10.6. The van der Waals surface area contributed by atoms with Gasteiger partial charge in [-0.15, -0.1) is 0 Å². The molecule has 1 aliphatic carbocycles. The zero-order chi connectivity index (χ0) is 20.9. The molecule has 0 radical (unpaired) electrons. The van der Waals surface area contributed by atoms with E-state index in [9.17, 15) is 14.4 Å². The summed E-state index contributed by atoms with van der Waals surface area (Å²) in [7, 11) is 0. The fourth-order valence-electron chi connectivity index (χ4n) is 3.58. The summed E-state index contributed by atoms with van der Waals surface area (Å²) < 4.78 is 10.9. The smallest absolute Gasteiger partial charge is 0.222 e. The Labute approximate surface area is 169 Å². The predicted molar refractivity (Wildman–Crippen MR) is 108 cm³/mol. The van der Waals surface area contributed by atoms with Crippen LogP contribution in [-0.4, -0.2) is 67.6 Å². The minimum atomic E-state index is 0.000204. The molecule has 7 heteroatoms. The summed E-state index contributed by atoms with van der Waals surface area (Å²) in [4.78, 5) is 36.9. The molecule has 0 heterocycles. The van der Waals surface area contributed by atoms with Gasteiger partial charge in [-0.25, -0.2) is 0 Å². The van der Waals surface area contributed by atoms with Crippen molar-refractivity contribution in [1.29, 1.82) is 0 Å². The van der Waals surface area contributed by atoms with Crippen molar-refractivity contribution in [3.05, 3.63) is 0 Å². The summed E-state index contributed by atoms with van der Waals surface area (Å²) in [5.41, 5.74) is 0. The Hall–Kier alpha value is -1.47. The average Bonchev–Trinajstić information content (AvgIpc) is 2.66. The SMILES string of the molecule is CCC(=O)C1CCC(NC(=O)CCOCCOCCN(C(C)=O)C(C)C)CC1. The van der Waals surface area contributed by atoms with Crippen molar-refractivity contribution in [3.63, 3.8) is 0 Å². The minimum Gasteiger partial charge on any atom is -0.379 e. The van der Waals surface area contributed by atoms with Crippen molar-refractivity contribution in [2.24, 2.45) is 5.92 Å². The predicted octanol–water partition coefficient (Wildman–Crippen LogP) is 2.32. The van der Waals surface area contributed by atoms with E-state index in [1.165, 1.54) is 0 Å². The van der Waals surface area contributed by atoms with Gasteiger partial charge in [-0.3, -0.25) is 14.4 Å². The summed E-state index contributed by atoms with van der Waals surface area (Å²) >= 11 is 0. The molecule has 0 unspecified atom stereocenters. The van der Waals surface area contributed by atoms with E-state index >= 15 is 0 Å². The van der Waals surface area contributed by atoms with Crippen molar-refractivity contribution in [1.82, 2.24) is 10.2 Å². The zero-order valence-electron chi connectivity index (χ0n) is 18.0. The van der Waals surface area contributed by atoms with Crippen molar-refractivity contribution < 1.29 is 23.9 Å². The van der Waals surface area contributed by atoms with Crippen LogP contribution in [0.4, 0.5) is 0 Å². The fourth-order valence-corrected chi connectivity index (χ4v) is 3.58. The Morgan fingerprint density at radius 2 is 1.61 bits per heavy atom. The third kappa shape index (κ3) is 9.64. The summed E-state index contributed by atoms with van der Waals surface area (Å²) in [6.45, 7) is 9.72. The first-order chi connectivity index (χ1) is 13.3. The standard InChI is InChI=1S/C21H38N2O5/c1-5-20(25)18-6-8-19(9-7-18)22-21(26)10-12-27-14-15-28-13-11-23(16(2)3)17(4)24/h16,18-19H,5-15H2,1-4H3,(H,22,26). The van der Waals surface area contributed by atoms with Crippen LogP contribution in [0, 0.1) is 5.92 Å². The third-order valence-corrected chi connectivity index (χ3v) is 5.25. The highest BCUT2D eigenvalue weighted by Gasteiger charge is 2.25. The number of hydrogen-bond acceptors (Lipinski definition) is 5. The summed E-state index contributed by atoms with van der Waals surface area (Å²) in [5.74, 6) is 0.578. The summed E-state index contributed by atoms with van der Waals surface area (Å²) in [5, 5.41) is 3.04. The minimum absolute atomic E-state index is 0.000204. The number of Topliss-reactive ketones (excluding diaryl/α,β-unsaturated/α-hetero) is 1. The van der Waals surface area contributed by atoms with Crippen molar-refractivity contribution >= 4 is 17.6 Å². The van der Waals surface area contributed by atoms with Gasteiger partial charge in [-0.1, -0.05) is 6.92 Å². The maximum Gasteiger partial charge on any atom is 0.222 e. The molecule has 1 aliphatic rings. The second kappa shape index (κ2) is 13.7. The quantitative estimate of drug-likeness (QED) is 0.481. The van der Waals surface area contributed by atoms with Crippen molar-refractivity contribution in [3.8, 4) is 0 Å². The van der Waals surface area contributed by atoms with Crippen LogP contribution in [0.25, 0.3) is 0 Å². The highest BCUT2D eigenvalue weighted by atomic mass is 16.5. The summed E-state index contributed by atoms with van der Waals surface area (Å²) in [6, 6.07) is 0.347. The number of hydrogen-bond donors (Lipinski definition) is 1. The van der Waals surface area contributed by atoms with Gasteiger partial charge >= 0.3 is 0 Å². The molecule has 2 amide bonds. The second-order valence-corrected chi connectivity index (χ2v) is 7.72. The number of amides is 2. The lowest BCUT2D eigenvalue weighted by Crippen LogP contribution is -2.39. The van der Waals surface area contributed by atoms with Crippen LogP contribution in [0.1, 0.15) is 66.2 Å². The highest BCUT2D eigenvalue weighted by molar-refractivity contribution is 5.81. The summed E-state index contributed by atoms with van der Waals surface area (Å²) in [6.07, 6.45) is 4.45. The third-order valence-electron chi connectivity index (χ3n) is 5.25. The molecule has 0 spiro atoms. The van der Waals surface area contributed by atoms with E-state index in [-0.39, 0.29) is 29.8 Å². The lowest BCUT2D eigenvalue weighted by molar-refractivity contribution is -0.131. The Bertz CT molecular complexity index is 487. The molecule has 0 aromatic rings. The largest absolute Gasteiger partial charge is 0.379 e. The molecule has 162 valence electrons. The van der Waals surface area contributed by atoms with E-state index in [1.54, 1.807) is 11.8 Å². The Balaban J connectivity index is 2.01. The molecule has 0 atom stereocenters. The fraction of sp³-hybridized carbons (Fsp3) is 0.857. The molecule has 0 aromatic heterocycles. The molecule has 0 bridgehead atoms. The molecule has 0 aromatic carbocycles. The van der Waals surface area contributed by atoms with E-state index in [0.717, 1.165) is 25.7 Å². The van der Waals surface area contributed by atoms with E-state index in [0.29, 0.717) is 51.6 Å². The first kappa shape index (κ1) is 24.6. The number of ether oxygens (including phenoxy) is 2. The van der Waals surface area contributed by atoms with Crippen LogP contribution in [0.2, 0.25) is 0 Å². The van der Waals surface area contributed by atoms with Crippen LogP contribution < -0.4 is 5.32 Å². The van der Waals surface area contributed by atoms with E-state index in [4.69, 9.17) is 9.47 Å². The number of rotatable bonds is 13. The zero-order valence-corrected chi connectivity index (χ0v) is 18.0. The number of carbonyl (C=O) groups excluding carboxylic acids is 3. The molecule has 1 saturated carbocycles. The molecule has 1 fully saturated rings.